The number of ether oxygens (including phenoxy) is 1. The van der Waals surface area contributed by atoms with Crippen LogP contribution in [0, 0.1) is 12.7 Å². The second kappa shape index (κ2) is 7.94. The van der Waals surface area contributed by atoms with Gasteiger partial charge in [-0.2, -0.15) is 10.1 Å². The largest absolute Gasteiger partial charge is 0.464 e. The van der Waals surface area contributed by atoms with Gasteiger partial charge in [0.25, 0.3) is 5.91 Å². The fourth-order valence-electron chi connectivity index (χ4n) is 3.36. The van der Waals surface area contributed by atoms with Gasteiger partial charge in [0, 0.05) is 13.1 Å². The van der Waals surface area contributed by atoms with E-state index in [0.29, 0.717) is 11.5 Å². The van der Waals surface area contributed by atoms with Gasteiger partial charge in [0.2, 0.25) is 5.88 Å². The highest BCUT2D eigenvalue weighted by molar-refractivity contribution is 5.96. The van der Waals surface area contributed by atoms with Crippen molar-refractivity contribution in [2.45, 2.75) is 20.0 Å². The van der Waals surface area contributed by atoms with Crippen LogP contribution in [0.4, 0.5) is 10.1 Å². The fraction of sp³-hybridized carbons (Fsp3) is 0.174. The van der Waals surface area contributed by atoms with Crippen molar-refractivity contribution in [3.05, 3.63) is 72.2 Å². The average Bonchev–Trinajstić information content (AvgIpc) is 3.03. The second-order valence-electron chi connectivity index (χ2n) is 7.01. The van der Waals surface area contributed by atoms with Gasteiger partial charge in [-0.15, -0.1) is 0 Å². The number of benzene rings is 2. The Labute approximate surface area is 173 Å². The number of rotatable bonds is 5. The Hall–Kier alpha value is -3.74. The summed E-state index contributed by atoms with van der Waals surface area (Å²) in [6, 6.07) is 17.7. The minimum absolute atomic E-state index is 0.105. The minimum atomic E-state index is -0.882. The molecule has 1 amide bonds. The number of carbonyl (C=O) groups is 1. The summed E-state index contributed by atoms with van der Waals surface area (Å²) < 4.78 is 21.3. The van der Waals surface area contributed by atoms with Crippen molar-refractivity contribution in [2.75, 3.05) is 5.32 Å². The number of pyridine rings is 1. The van der Waals surface area contributed by atoms with E-state index in [2.05, 4.69) is 15.4 Å². The molecule has 1 N–H and O–H groups in total. The molecule has 4 aromatic rings. The first kappa shape index (κ1) is 19.6. The highest BCUT2D eigenvalue weighted by Gasteiger charge is 2.20. The lowest BCUT2D eigenvalue weighted by atomic mass is 10.0. The van der Waals surface area contributed by atoms with Crippen LogP contribution in [0.5, 0.6) is 5.88 Å². The molecule has 0 radical (unpaired) electrons. The van der Waals surface area contributed by atoms with E-state index in [-0.39, 0.29) is 5.69 Å². The highest BCUT2D eigenvalue weighted by Crippen LogP contribution is 2.33. The number of hydrogen-bond acceptors (Lipinski definition) is 4. The van der Waals surface area contributed by atoms with Crippen molar-refractivity contribution in [1.29, 1.82) is 0 Å². The predicted molar refractivity (Wildman–Crippen MR) is 114 cm³/mol. The van der Waals surface area contributed by atoms with Gasteiger partial charge in [-0.25, -0.2) is 4.39 Å². The number of aryl methyl sites for hydroxylation is 2. The average molecular weight is 404 g/mol. The monoisotopic (exact) mass is 404 g/mol. The molecule has 0 unspecified atom stereocenters. The van der Waals surface area contributed by atoms with E-state index in [0.717, 1.165) is 22.2 Å². The summed E-state index contributed by atoms with van der Waals surface area (Å²) >= 11 is 0. The molecular formula is C23H21FN4O2. The van der Waals surface area contributed by atoms with Crippen molar-refractivity contribution in [3.8, 4) is 17.0 Å². The number of amides is 1. The van der Waals surface area contributed by atoms with E-state index >= 15 is 0 Å². The molecule has 1 atom stereocenters. The van der Waals surface area contributed by atoms with Crippen molar-refractivity contribution in [2.24, 2.45) is 7.05 Å². The molecule has 2 heterocycles. The highest BCUT2D eigenvalue weighted by atomic mass is 19.1. The van der Waals surface area contributed by atoms with E-state index in [1.165, 1.54) is 12.1 Å². The van der Waals surface area contributed by atoms with Crippen LogP contribution >= 0.6 is 0 Å². The lowest BCUT2D eigenvalue weighted by Gasteiger charge is -2.15. The number of para-hydroxylation sites is 1. The van der Waals surface area contributed by atoms with Crippen LogP contribution in [0.25, 0.3) is 22.2 Å². The molecule has 0 bridgehead atoms. The van der Waals surface area contributed by atoms with Gasteiger partial charge in [-0.3, -0.25) is 9.48 Å². The van der Waals surface area contributed by atoms with Crippen LogP contribution in [-0.4, -0.2) is 26.8 Å². The first-order valence-corrected chi connectivity index (χ1v) is 9.56. The summed E-state index contributed by atoms with van der Waals surface area (Å²) in [6.45, 7) is 3.53. The molecule has 0 aliphatic rings. The smallest absolute Gasteiger partial charge is 0.265 e. The zero-order valence-electron chi connectivity index (χ0n) is 16.9. The quantitative estimate of drug-likeness (QED) is 0.532. The van der Waals surface area contributed by atoms with Gasteiger partial charge in [-0.1, -0.05) is 42.5 Å². The Morgan fingerprint density at radius 3 is 2.57 bits per heavy atom. The summed E-state index contributed by atoms with van der Waals surface area (Å²) in [5.74, 6) is -0.681. The third kappa shape index (κ3) is 3.74. The van der Waals surface area contributed by atoms with Gasteiger partial charge in [0.05, 0.1) is 16.8 Å². The molecule has 0 saturated heterocycles. The summed E-state index contributed by atoms with van der Waals surface area (Å²) in [5.41, 5.74) is 3.53. The molecular weight excluding hydrogens is 383 g/mol. The van der Waals surface area contributed by atoms with E-state index in [1.807, 2.05) is 44.3 Å². The number of nitrogens with zero attached hydrogens (tertiary/aromatic N) is 3. The maximum Gasteiger partial charge on any atom is 0.265 e. The van der Waals surface area contributed by atoms with Gasteiger partial charge >= 0.3 is 0 Å². The summed E-state index contributed by atoms with van der Waals surface area (Å²) in [4.78, 5) is 17.1. The van der Waals surface area contributed by atoms with Crippen LogP contribution in [-0.2, 0) is 11.8 Å². The number of aromatic nitrogens is 3. The lowest BCUT2D eigenvalue weighted by molar-refractivity contribution is -0.122. The Kier molecular flexibility index (Phi) is 5.18. The Morgan fingerprint density at radius 2 is 1.83 bits per heavy atom. The maximum absolute atomic E-state index is 13.8. The van der Waals surface area contributed by atoms with E-state index in [1.54, 1.807) is 29.8 Å². The van der Waals surface area contributed by atoms with E-state index < -0.39 is 17.8 Å². The van der Waals surface area contributed by atoms with Crippen LogP contribution in [0.3, 0.4) is 0 Å². The first-order chi connectivity index (χ1) is 14.4. The molecule has 4 rings (SSSR count). The van der Waals surface area contributed by atoms with Gasteiger partial charge in [-0.05, 0) is 37.1 Å². The van der Waals surface area contributed by atoms with Gasteiger partial charge in [0.15, 0.2) is 11.8 Å². The first-order valence-electron chi connectivity index (χ1n) is 9.56. The summed E-state index contributed by atoms with van der Waals surface area (Å²) in [6.07, 6.45) is -0.882. The number of anilines is 1. The zero-order chi connectivity index (χ0) is 21.3. The van der Waals surface area contributed by atoms with Crippen LogP contribution in [0.2, 0.25) is 0 Å². The van der Waals surface area contributed by atoms with Crippen molar-refractivity contribution < 1.29 is 13.9 Å². The van der Waals surface area contributed by atoms with Crippen LogP contribution in [0.1, 0.15) is 12.6 Å². The third-order valence-electron chi connectivity index (χ3n) is 4.83. The molecule has 0 aliphatic heterocycles. The zero-order valence-corrected chi connectivity index (χ0v) is 16.9. The van der Waals surface area contributed by atoms with Crippen molar-refractivity contribution in [1.82, 2.24) is 14.8 Å². The maximum atomic E-state index is 13.8. The molecule has 152 valence electrons. The molecule has 7 heteroatoms. The van der Waals surface area contributed by atoms with E-state index in [9.17, 15) is 9.18 Å². The Balaban J connectivity index is 1.67. The van der Waals surface area contributed by atoms with Crippen LogP contribution in [0.15, 0.2) is 60.7 Å². The second-order valence-corrected chi connectivity index (χ2v) is 7.01. The van der Waals surface area contributed by atoms with Crippen molar-refractivity contribution in [3.63, 3.8) is 0 Å². The number of fused-ring (bicyclic) bond motifs is 1. The number of nitrogens with one attached hydrogen (secondary N) is 1. The topological polar surface area (TPSA) is 69.0 Å². The Bertz CT molecular complexity index is 1220. The van der Waals surface area contributed by atoms with E-state index in [4.69, 9.17) is 4.74 Å². The predicted octanol–water partition coefficient (Wildman–Crippen LogP) is 4.49. The summed E-state index contributed by atoms with van der Waals surface area (Å²) in [7, 11) is 1.81. The number of carbonyl (C=O) groups excluding carboxylic acids is 1. The van der Waals surface area contributed by atoms with Crippen molar-refractivity contribution >= 4 is 22.6 Å². The third-order valence-corrected chi connectivity index (χ3v) is 4.83. The molecule has 30 heavy (non-hydrogen) atoms. The standard InChI is InChI=1S/C23H21FN4O2/c1-14-21-17(16-9-5-4-6-10-16)13-20(26-22(21)28(3)27-14)30-15(2)23(29)25-19-12-8-7-11-18(19)24/h4-13,15H,1-3H3,(H,25,29)/t15-/m0/s1. The van der Waals surface area contributed by atoms with Gasteiger partial charge in [0.1, 0.15) is 5.82 Å². The minimum Gasteiger partial charge on any atom is -0.464 e. The number of hydrogen-bond donors (Lipinski definition) is 1. The molecule has 0 saturated carbocycles. The lowest BCUT2D eigenvalue weighted by Crippen LogP contribution is -2.30. The fourth-order valence-corrected chi connectivity index (χ4v) is 3.36. The van der Waals surface area contributed by atoms with Crippen LogP contribution < -0.4 is 10.1 Å². The normalized spacial score (nSPS) is 12.0. The number of halogens is 1. The Morgan fingerprint density at radius 1 is 1.13 bits per heavy atom. The molecule has 0 spiro atoms. The van der Waals surface area contributed by atoms with Gasteiger partial charge < -0.3 is 10.1 Å². The molecule has 2 aromatic carbocycles. The molecule has 6 nitrogen and oxygen atoms in total. The SMILES string of the molecule is Cc1nn(C)c2nc(O[C@@H](C)C(=O)Nc3ccccc3F)cc(-c3ccccc3)c12. The molecule has 2 aromatic heterocycles. The molecule has 0 aliphatic carbocycles. The summed E-state index contributed by atoms with van der Waals surface area (Å²) in [5, 5.41) is 7.95. The molecule has 0 fully saturated rings.